The lowest BCUT2D eigenvalue weighted by Crippen LogP contribution is -2.67. The van der Waals surface area contributed by atoms with Crippen LogP contribution in [0.1, 0.15) is 72.1 Å². The minimum absolute atomic E-state index is 0.00116. The van der Waals surface area contributed by atoms with Crippen LogP contribution in [0.5, 0.6) is 0 Å². The number of hydrogen-bond donors (Lipinski definition) is 7. The molecule has 0 heterocycles. The Bertz CT molecular complexity index is 1070. The third kappa shape index (κ3) is 5.19. The van der Waals surface area contributed by atoms with Gasteiger partial charge in [-0.05, 0) is 67.1 Å². The summed E-state index contributed by atoms with van der Waals surface area (Å²) in [4.78, 5) is 25.9. The number of ketones is 1. The molecule has 7 N–H and O–H groups in total. The Morgan fingerprint density at radius 3 is 2.41 bits per heavy atom. The van der Waals surface area contributed by atoms with Gasteiger partial charge in [0.05, 0.1) is 36.7 Å². The van der Waals surface area contributed by atoms with Gasteiger partial charge in [0.25, 0.3) is 10.1 Å². The van der Waals surface area contributed by atoms with E-state index in [1.54, 1.807) is 0 Å². The summed E-state index contributed by atoms with van der Waals surface area (Å²) in [6.07, 6.45) is 0.0406. The van der Waals surface area contributed by atoms with E-state index in [1.807, 2.05) is 20.8 Å². The Morgan fingerprint density at radius 1 is 1.13 bits per heavy atom. The lowest BCUT2D eigenvalue weighted by atomic mass is 9.42. The molecule has 1 amide bonds. The monoisotopic (exact) mass is 575 g/mol. The van der Waals surface area contributed by atoms with Crippen LogP contribution in [0, 0.1) is 40.4 Å². The second-order valence-corrected chi connectivity index (χ2v) is 14.9. The van der Waals surface area contributed by atoms with Crippen molar-refractivity contribution in [3.63, 3.8) is 0 Å². The van der Waals surface area contributed by atoms with Crippen LogP contribution < -0.4 is 5.32 Å². The Balaban J connectivity index is 1.50. The highest BCUT2D eigenvalue weighted by atomic mass is 32.2. The number of rotatable bonds is 8. The van der Waals surface area contributed by atoms with Gasteiger partial charge >= 0.3 is 0 Å². The van der Waals surface area contributed by atoms with Gasteiger partial charge in [0.1, 0.15) is 5.60 Å². The SMILES string of the molecule is C[C@H](CCC(=O)N[C@@H](CO)CS(=O)(=O)O)[C@H]1[C@@H](O)[C@H](O)[C@H]2[C@@H]3CC(=O)[C@@]4(O)C[C@@H](O)CC[C@]4(C)[C@H]3CC[C@]12C. The van der Waals surface area contributed by atoms with Crippen molar-refractivity contribution in [1.82, 2.24) is 5.32 Å². The van der Waals surface area contributed by atoms with Gasteiger partial charge in [0.2, 0.25) is 5.91 Å². The predicted molar refractivity (Wildman–Crippen MR) is 140 cm³/mol. The number of nitrogens with one attached hydrogen (secondary N) is 1. The second kappa shape index (κ2) is 10.6. The second-order valence-electron chi connectivity index (χ2n) is 13.4. The molecule has 4 rings (SSSR count). The molecule has 0 aromatic carbocycles. The molecular weight excluding hydrogens is 530 g/mol. The minimum Gasteiger partial charge on any atom is -0.394 e. The molecule has 0 saturated heterocycles. The zero-order chi connectivity index (χ0) is 29.1. The van der Waals surface area contributed by atoms with Crippen molar-refractivity contribution >= 4 is 21.8 Å². The summed E-state index contributed by atoms with van der Waals surface area (Å²) >= 11 is 0. The molecule has 12 heteroatoms. The van der Waals surface area contributed by atoms with Crippen molar-refractivity contribution in [2.75, 3.05) is 12.4 Å². The van der Waals surface area contributed by atoms with Gasteiger partial charge in [0, 0.05) is 24.7 Å². The highest BCUT2D eigenvalue weighted by molar-refractivity contribution is 7.85. The van der Waals surface area contributed by atoms with E-state index in [1.165, 1.54) is 0 Å². The lowest BCUT2D eigenvalue weighted by Gasteiger charge is -2.63. The summed E-state index contributed by atoms with van der Waals surface area (Å²) in [6, 6.07) is -1.14. The summed E-state index contributed by atoms with van der Waals surface area (Å²) < 4.78 is 31.2. The molecule has 4 fully saturated rings. The van der Waals surface area contributed by atoms with Gasteiger partial charge in [-0.3, -0.25) is 14.1 Å². The first-order valence-electron chi connectivity index (χ1n) is 14.1. The number of amides is 1. The minimum atomic E-state index is -4.38. The van der Waals surface area contributed by atoms with Crippen molar-refractivity contribution in [2.24, 2.45) is 40.4 Å². The maximum atomic E-state index is 13.4. The standard InChI is InChI=1S/C27H45NO10S/c1-14(4-5-20(32)28-15(12-29)13-39(36,37)38)21-23(33)24(34)22-17-10-19(31)27(35)11-16(30)6-9-26(27,3)18(17)7-8-25(21,22)2/h14-18,21-24,29-30,33-35H,4-13H2,1-3H3,(H,28,32)(H,36,37,38)/t14-,15+,16+,17-,18+,21+,22-,23-,24-,25-,26-,27+/m1/s1. The van der Waals surface area contributed by atoms with Crippen molar-refractivity contribution in [3.05, 3.63) is 0 Å². The van der Waals surface area contributed by atoms with Crippen molar-refractivity contribution in [3.8, 4) is 0 Å². The van der Waals surface area contributed by atoms with Crippen LogP contribution in [-0.2, 0) is 19.7 Å². The first-order valence-corrected chi connectivity index (χ1v) is 15.7. The van der Waals surface area contributed by atoms with Crippen LogP contribution in [0.4, 0.5) is 0 Å². The zero-order valence-corrected chi connectivity index (χ0v) is 23.8. The van der Waals surface area contributed by atoms with Crippen molar-refractivity contribution < 1.29 is 48.1 Å². The van der Waals surface area contributed by atoms with E-state index in [0.29, 0.717) is 25.7 Å². The summed E-state index contributed by atoms with van der Waals surface area (Å²) in [5, 5.41) is 56.2. The summed E-state index contributed by atoms with van der Waals surface area (Å²) in [5.41, 5.74) is -2.82. The van der Waals surface area contributed by atoms with E-state index in [-0.39, 0.29) is 54.6 Å². The maximum Gasteiger partial charge on any atom is 0.266 e. The average molecular weight is 576 g/mol. The van der Waals surface area contributed by atoms with E-state index >= 15 is 0 Å². The molecule has 0 unspecified atom stereocenters. The fourth-order valence-corrected chi connectivity index (χ4v) is 10.1. The Hall–Kier alpha value is -1.15. The summed E-state index contributed by atoms with van der Waals surface area (Å²) in [5.74, 6) is -2.75. The zero-order valence-electron chi connectivity index (χ0n) is 23.0. The molecule has 0 aliphatic heterocycles. The first kappa shape index (κ1) is 30.8. The fraction of sp³-hybridized carbons (Fsp3) is 0.926. The summed E-state index contributed by atoms with van der Waals surface area (Å²) in [6.45, 7) is 5.24. The van der Waals surface area contributed by atoms with Crippen molar-refractivity contribution in [1.29, 1.82) is 0 Å². The van der Waals surface area contributed by atoms with E-state index in [2.05, 4.69) is 5.32 Å². The van der Waals surface area contributed by atoms with E-state index < -0.39 is 69.2 Å². The van der Waals surface area contributed by atoms with Crippen molar-refractivity contribution in [2.45, 2.75) is 102 Å². The Morgan fingerprint density at radius 2 is 1.79 bits per heavy atom. The molecule has 4 saturated carbocycles. The smallest absolute Gasteiger partial charge is 0.266 e. The number of Topliss-reactive ketones (excluding diaryl/α,β-unsaturated/α-hetero) is 1. The maximum absolute atomic E-state index is 13.4. The first-order chi connectivity index (χ1) is 18.0. The molecule has 11 nitrogen and oxygen atoms in total. The van der Waals surface area contributed by atoms with Gasteiger partial charge in [-0.25, -0.2) is 0 Å². The molecular formula is C27H45NO10S. The third-order valence-corrected chi connectivity index (χ3v) is 12.0. The molecule has 4 aliphatic rings. The largest absolute Gasteiger partial charge is 0.394 e. The number of aliphatic hydroxyl groups excluding tert-OH is 4. The predicted octanol–water partition coefficient (Wildman–Crippen LogP) is 0.0229. The molecule has 0 spiro atoms. The third-order valence-electron chi connectivity index (χ3n) is 11.2. The van der Waals surface area contributed by atoms with Gasteiger partial charge in [-0.2, -0.15) is 8.42 Å². The molecule has 0 bridgehead atoms. The number of fused-ring (bicyclic) bond motifs is 5. The number of carbonyl (C=O) groups is 2. The van der Waals surface area contributed by atoms with Crippen LogP contribution >= 0.6 is 0 Å². The lowest BCUT2D eigenvalue weighted by molar-refractivity contribution is -0.217. The van der Waals surface area contributed by atoms with Gasteiger partial charge in [-0.1, -0.05) is 20.8 Å². The average Bonchev–Trinajstić information content (AvgIpc) is 3.03. The van der Waals surface area contributed by atoms with Crippen LogP contribution in [0.2, 0.25) is 0 Å². The number of carbonyl (C=O) groups excluding carboxylic acids is 2. The molecule has 12 atom stereocenters. The molecule has 0 aromatic rings. The molecule has 39 heavy (non-hydrogen) atoms. The van der Waals surface area contributed by atoms with Crippen LogP contribution in [-0.4, -0.2) is 92.5 Å². The topological polar surface area (TPSA) is 202 Å². The Labute approximate surface area is 230 Å². The molecule has 0 radical (unpaired) electrons. The van der Waals surface area contributed by atoms with E-state index in [0.717, 1.165) is 6.42 Å². The highest BCUT2D eigenvalue weighted by Gasteiger charge is 2.70. The van der Waals surface area contributed by atoms with Gasteiger partial charge < -0.3 is 30.8 Å². The van der Waals surface area contributed by atoms with E-state index in [9.17, 15) is 43.5 Å². The number of hydrogen-bond acceptors (Lipinski definition) is 9. The molecule has 0 aromatic heterocycles. The number of aliphatic hydroxyl groups is 5. The van der Waals surface area contributed by atoms with Crippen LogP contribution in [0.25, 0.3) is 0 Å². The van der Waals surface area contributed by atoms with E-state index in [4.69, 9.17) is 4.55 Å². The highest BCUT2D eigenvalue weighted by Crippen LogP contribution is 2.68. The normalized spacial score (nSPS) is 45.6. The summed E-state index contributed by atoms with van der Waals surface area (Å²) in [7, 11) is -4.38. The van der Waals surface area contributed by atoms with Crippen LogP contribution in [0.3, 0.4) is 0 Å². The molecule has 224 valence electrons. The molecule has 4 aliphatic carbocycles. The fourth-order valence-electron chi connectivity index (χ4n) is 9.37. The van der Waals surface area contributed by atoms with Gasteiger partial charge in [0.15, 0.2) is 5.78 Å². The van der Waals surface area contributed by atoms with Gasteiger partial charge in [-0.15, -0.1) is 0 Å². The Kier molecular flexibility index (Phi) is 8.37. The van der Waals surface area contributed by atoms with Crippen LogP contribution in [0.15, 0.2) is 0 Å². The quantitative estimate of drug-likeness (QED) is 0.193.